The zero-order chi connectivity index (χ0) is 13.7. The lowest BCUT2D eigenvalue weighted by Gasteiger charge is -2.26. The molecule has 1 atom stereocenters. The van der Waals surface area contributed by atoms with Crippen molar-refractivity contribution < 1.29 is 9.50 Å². The van der Waals surface area contributed by atoms with Crippen LogP contribution in [-0.2, 0) is 0 Å². The van der Waals surface area contributed by atoms with Crippen molar-refractivity contribution in [1.82, 2.24) is 0 Å². The van der Waals surface area contributed by atoms with Gasteiger partial charge in [-0.15, -0.1) is 0 Å². The monoisotopic (exact) mass is 265 g/mol. The van der Waals surface area contributed by atoms with Crippen molar-refractivity contribution in [2.24, 2.45) is 5.92 Å². The molecule has 3 heteroatoms. The first-order valence-electron chi connectivity index (χ1n) is 7.32. The maximum Gasteiger partial charge on any atom is 0.125 e. The van der Waals surface area contributed by atoms with Crippen LogP contribution in [0.5, 0.6) is 0 Å². The van der Waals surface area contributed by atoms with E-state index in [1.165, 1.54) is 44.2 Å². The minimum atomic E-state index is -0.225. The number of halogens is 1. The Morgan fingerprint density at radius 3 is 2.63 bits per heavy atom. The third-order valence-corrected chi connectivity index (χ3v) is 3.98. The topological polar surface area (TPSA) is 32.3 Å². The van der Waals surface area contributed by atoms with Crippen molar-refractivity contribution in [3.63, 3.8) is 0 Å². The summed E-state index contributed by atoms with van der Waals surface area (Å²) >= 11 is 0. The summed E-state index contributed by atoms with van der Waals surface area (Å²) < 4.78 is 13.3. The van der Waals surface area contributed by atoms with Crippen molar-refractivity contribution in [2.45, 2.75) is 51.5 Å². The number of hydrogen-bond donors (Lipinski definition) is 2. The van der Waals surface area contributed by atoms with Gasteiger partial charge in [-0.1, -0.05) is 32.1 Å². The number of rotatable bonds is 5. The molecule has 1 aliphatic rings. The van der Waals surface area contributed by atoms with E-state index in [0.29, 0.717) is 5.92 Å². The van der Waals surface area contributed by atoms with E-state index < -0.39 is 0 Å². The molecule has 0 aliphatic heterocycles. The number of hydrogen-bond acceptors (Lipinski definition) is 2. The molecule has 106 valence electrons. The Morgan fingerprint density at radius 1 is 1.26 bits per heavy atom. The van der Waals surface area contributed by atoms with Crippen LogP contribution in [0.25, 0.3) is 0 Å². The fourth-order valence-electron chi connectivity index (χ4n) is 3.06. The van der Waals surface area contributed by atoms with Gasteiger partial charge in [-0.05, 0) is 43.0 Å². The van der Waals surface area contributed by atoms with Gasteiger partial charge >= 0.3 is 0 Å². The highest BCUT2D eigenvalue weighted by atomic mass is 19.1. The van der Waals surface area contributed by atoms with Crippen molar-refractivity contribution >= 4 is 5.69 Å². The fourth-order valence-corrected chi connectivity index (χ4v) is 3.06. The Labute approximate surface area is 115 Å². The first kappa shape index (κ1) is 14.3. The Bertz CT molecular complexity index is 381. The number of aryl methyl sites for hydroxylation is 1. The van der Waals surface area contributed by atoms with Crippen LogP contribution in [0.1, 0.15) is 44.1 Å². The molecule has 1 saturated carbocycles. The molecule has 1 aromatic rings. The van der Waals surface area contributed by atoms with Crippen LogP contribution in [-0.4, -0.2) is 17.8 Å². The lowest BCUT2D eigenvalue weighted by Crippen LogP contribution is -2.27. The second-order valence-electron chi connectivity index (χ2n) is 5.78. The van der Waals surface area contributed by atoms with Gasteiger partial charge in [-0.3, -0.25) is 0 Å². The molecular formula is C16H24FNO. The zero-order valence-corrected chi connectivity index (χ0v) is 11.7. The average molecular weight is 265 g/mol. The van der Waals surface area contributed by atoms with E-state index in [2.05, 4.69) is 5.32 Å². The highest BCUT2D eigenvalue weighted by molar-refractivity contribution is 5.46. The third-order valence-electron chi connectivity index (χ3n) is 3.98. The van der Waals surface area contributed by atoms with E-state index in [4.69, 9.17) is 0 Å². The lowest BCUT2D eigenvalue weighted by molar-refractivity contribution is 0.237. The predicted molar refractivity (Wildman–Crippen MR) is 76.8 cm³/mol. The van der Waals surface area contributed by atoms with E-state index in [1.54, 1.807) is 0 Å². The van der Waals surface area contributed by atoms with Gasteiger partial charge < -0.3 is 10.4 Å². The van der Waals surface area contributed by atoms with E-state index in [9.17, 15) is 9.50 Å². The molecule has 0 aromatic heterocycles. The highest BCUT2D eigenvalue weighted by Crippen LogP contribution is 2.28. The molecule has 0 bridgehead atoms. The number of aliphatic hydroxyl groups excluding tert-OH is 1. The summed E-state index contributed by atoms with van der Waals surface area (Å²) in [5.74, 6) is 0.477. The molecule has 2 N–H and O–H groups in total. The minimum absolute atomic E-state index is 0.0318. The highest BCUT2D eigenvalue weighted by Gasteiger charge is 2.18. The van der Waals surface area contributed by atoms with E-state index >= 15 is 0 Å². The first-order chi connectivity index (χ1) is 9.17. The van der Waals surface area contributed by atoms with Crippen LogP contribution in [0.15, 0.2) is 18.2 Å². The largest absolute Gasteiger partial charge is 0.394 e. The summed E-state index contributed by atoms with van der Waals surface area (Å²) in [6, 6.07) is 4.97. The molecule has 1 fully saturated rings. The minimum Gasteiger partial charge on any atom is -0.394 e. The summed E-state index contributed by atoms with van der Waals surface area (Å²) in [5, 5.41) is 12.8. The first-order valence-corrected chi connectivity index (χ1v) is 7.32. The molecule has 1 aliphatic carbocycles. The van der Waals surface area contributed by atoms with Crippen molar-refractivity contribution in [3.05, 3.63) is 29.6 Å². The van der Waals surface area contributed by atoms with Crippen LogP contribution in [0.2, 0.25) is 0 Å². The molecule has 1 unspecified atom stereocenters. The van der Waals surface area contributed by atoms with Gasteiger partial charge in [-0.2, -0.15) is 0 Å². The molecule has 0 radical (unpaired) electrons. The molecule has 0 heterocycles. The Kier molecular flexibility index (Phi) is 5.20. The van der Waals surface area contributed by atoms with Gasteiger partial charge in [0, 0.05) is 11.7 Å². The van der Waals surface area contributed by atoms with E-state index in [1.807, 2.05) is 13.0 Å². The average Bonchev–Trinajstić information content (AvgIpc) is 2.38. The fraction of sp³-hybridized carbons (Fsp3) is 0.625. The van der Waals surface area contributed by atoms with Gasteiger partial charge in [0.2, 0.25) is 0 Å². The van der Waals surface area contributed by atoms with Gasteiger partial charge in [0.05, 0.1) is 6.61 Å². The number of nitrogens with one attached hydrogen (secondary N) is 1. The SMILES string of the molecule is Cc1cc(F)cc(NC(CO)CC2CCCCC2)c1. The molecule has 2 rings (SSSR count). The molecule has 0 amide bonds. The third kappa shape index (κ3) is 4.50. The number of benzene rings is 1. The zero-order valence-electron chi connectivity index (χ0n) is 11.7. The van der Waals surface area contributed by atoms with Gasteiger partial charge in [0.1, 0.15) is 5.82 Å². The van der Waals surface area contributed by atoms with Gasteiger partial charge in [0.15, 0.2) is 0 Å². The quantitative estimate of drug-likeness (QED) is 0.847. The lowest BCUT2D eigenvalue weighted by atomic mass is 9.85. The molecular weight excluding hydrogens is 241 g/mol. The molecule has 2 nitrogen and oxygen atoms in total. The van der Waals surface area contributed by atoms with Crippen molar-refractivity contribution in [3.8, 4) is 0 Å². The molecule has 19 heavy (non-hydrogen) atoms. The van der Waals surface area contributed by atoms with Gasteiger partial charge in [-0.25, -0.2) is 4.39 Å². The normalized spacial score (nSPS) is 18.3. The van der Waals surface area contributed by atoms with E-state index in [0.717, 1.165) is 17.7 Å². The maximum atomic E-state index is 13.3. The molecule has 0 saturated heterocycles. The van der Waals surface area contributed by atoms with Crippen LogP contribution in [0.4, 0.5) is 10.1 Å². The Hall–Kier alpha value is -1.09. The summed E-state index contributed by atoms with van der Waals surface area (Å²) in [6.07, 6.45) is 7.47. The smallest absolute Gasteiger partial charge is 0.125 e. The van der Waals surface area contributed by atoms with Crippen LogP contribution in [0.3, 0.4) is 0 Å². The Morgan fingerprint density at radius 2 is 2.00 bits per heavy atom. The second kappa shape index (κ2) is 6.90. The van der Waals surface area contributed by atoms with Crippen LogP contribution >= 0.6 is 0 Å². The summed E-state index contributed by atoms with van der Waals surface area (Å²) in [7, 11) is 0. The second-order valence-corrected chi connectivity index (χ2v) is 5.78. The number of aliphatic hydroxyl groups is 1. The maximum absolute atomic E-state index is 13.3. The van der Waals surface area contributed by atoms with E-state index in [-0.39, 0.29) is 18.5 Å². The predicted octanol–water partition coefficient (Wildman–Crippen LogP) is 3.88. The van der Waals surface area contributed by atoms with Gasteiger partial charge in [0.25, 0.3) is 0 Å². The number of anilines is 1. The molecule has 0 spiro atoms. The summed E-state index contributed by atoms with van der Waals surface area (Å²) in [6.45, 7) is 1.98. The summed E-state index contributed by atoms with van der Waals surface area (Å²) in [4.78, 5) is 0. The van der Waals surface area contributed by atoms with Crippen LogP contribution < -0.4 is 5.32 Å². The Balaban J connectivity index is 1.93. The molecule has 1 aromatic carbocycles. The summed E-state index contributed by atoms with van der Waals surface area (Å²) in [5.41, 5.74) is 1.67. The van der Waals surface area contributed by atoms with Crippen LogP contribution in [0, 0.1) is 18.7 Å². The standard InChI is InChI=1S/C16H24FNO/c1-12-7-14(17)10-15(8-12)18-16(11-19)9-13-5-3-2-4-6-13/h7-8,10,13,16,18-19H,2-6,9,11H2,1H3. The van der Waals surface area contributed by atoms with Crippen molar-refractivity contribution in [1.29, 1.82) is 0 Å². The van der Waals surface area contributed by atoms with Crippen molar-refractivity contribution in [2.75, 3.05) is 11.9 Å².